The first-order valence-electron chi connectivity index (χ1n) is 6.42. The molecule has 1 amide bonds. The van der Waals surface area contributed by atoms with Crippen LogP contribution in [-0.2, 0) is 4.74 Å². The van der Waals surface area contributed by atoms with E-state index in [4.69, 9.17) is 9.47 Å². The van der Waals surface area contributed by atoms with Gasteiger partial charge in [-0.1, -0.05) is 15.9 Å². The summed E-state index contributed by atoms with van der Waals surface area (Å²) < 4.78 is 10.6. The van der Waals surface area contributed by atoms with Gasteiger partial charge >= 0.3 is 0 Å². The average Bonchev–Trinajstić information content (AvgIpc) is 2.43. The van der Waals surface area contributed by atoms with Crippen LogP contribution in [0.15, 0.2) is 24.3 Å². The fourth-order valence-corrected chi connectivity index (χ4v) is 1.73. The van der Waals surface area contributed by atoms with Crippen molar-refractivity contribution in [3.8, 4) is 5.75 Å². The summed E-state index contributed by atoms with van der Waals surface area (Å²) in [5.74, 6) is 0.714. The number of ether oxygens (including phenoxy) is 2. The molecule has 1 aromatic carbocycles. The fraction of sp³-hybridized carbons (Fsp3) is 0.500. The second-order valence-electron chi connectivity index (χ2n) is 3.87. The number of halogens is 1. The molecular weight excluding hydrogens is 310 g/mol. The van der Waals surface area contributed by atoms with Crippen molar-refractivity contribution in [2.75, 3.05) is 31.7 Å². The minimum absolute atomic E-state index is 0.0662. The molecule has 1 aromatic rings. The van der Waals surface area contributed by atoms with Crippen LogP contribution in [0.25, 0.3) is 0 Å². The topological polar surface area (TPSA) is 47.6 Å². The second-order valence-corrected chi connectivity index (χ2v) is 4.66. The smallest absolute Gasteiger partial charge is 0.251 e. The number of carbonyl (C=O) groups is 1. The normalized spacial score (nSPS) is 10.2. The zero-order chi connectivity index (χ0) is 13.9. The van der Waals surface area contributed by atoms with Crippen LogP contribution in [0.1, 0.15) is 23.7 Å². The number of alkyl halides is 1. The van der Waals surface area contributed by atoms with Gasteiger partial charge in [-0.3, -0.25) is 4.79 Å². The monoisotopic (exact) mass is 329 g/mol. The van der Waals surface area contributed by atoms with Crippen molar-refractivity contribution in [1.82, 2.24) is 5.32 Å². The fourth-order valence-electron chi connectivity index (χ4n) is 1.50. The summed E-state index contributed by atoms with van der Waals surface area (Å²) in [4.78, 5) is 11.8. The molecule has 19 heavy (non-hydrogen) atoms. The van der Waals surface area contributed by atoms with E-state index in [2.05, 4.69) is 21.2 Å². The molecule has 1 rings (SSSR count). The highest BCUT2D eigenvalue weighted by molar-refractivity contribution is 9.09. The number of carbonyl (C=O) groups excluding carboxylic acids is 1. The highest BCUT2D eigenvalue weighted by Crippen LogP contribution is 2.11. The van der Waals surface area contributed by atoms with Gasteiger partial charge in [0, 0.05) is 24.0 Å². The van der Waals surface area contributed by atoms with E-state index in [1.807, 2.05) is 6.92 Å². The number of hydrogen-bond donors (Lipinski definition) is 1. The van der Waals surface area contributed by atoms with Crippen LogP contribution >= 0.6 is 15.9 Å². The number of amides is 1. The Morgan fingerprint density at radius 1 is 1.26 bits per heavy atom. The number of hydrogen-bond acceptors (Lipinski definition) is 3. The molecule has 5 heteroatoms. The standard InChI is InChI=1S/C14H20BrNO3/c1-2-19-13-6-4-12(5-7-13)14(17)16-9-3-10-18-11-8-15/h4-7H,2-3,8-11H2,1H3,(H,16,17). The molecule has 0 radical (unpaired) electrons. The Morgan fingerprint density at radius 3 is 2.63 bits per heavy atom. The molecule has 4 nitrogen and oxygen atoms in total. The molecule has 106 valence electrons. The Kier molecular flexibility index (Phi) is 8.25. The average molecular weight is 330 g/mol. The van der Waals surface area contributed by atoms with Crippen molar-refractivity contribution >= 4 is 21.8 Å². The Balaban J connectivity index is 2.25. The Hall–Kier alpha value is -1.07. The summed E-state index contributed by atoms with van der Waals surface area (Å²) in [5, 5.41) is 3.69. The SMILES string of the molecule is CCOc1ccc(C(=O)NCCCOCCBr)cc1. The maximum absolute atomic E-state index is 11.8. The zero-order valence-electron chi connectivity index (χ0n) is 11.2. The molecule has 0 bridgehead atoms. The van der Waals surface area contributed by atoms with Gasteiger partial charge in [-0.25, -0.2) is 0 Å². The van der Waals surface area contributed by atoms with Gasteiger partial charge in [-0.2, -0.15) is 0 Å². The van der Waals surface area contributed by atoms with Gasteiger partial charge in [0.1, 0.15) is 5.75 Å². The Bertz CT molecular complexity index is 367. The van der Waals surface area contributed by atoms with Crippen LogP contribution in [0, 0.1) is 0 Å². The van der Waals surface area contributed by atoms with E-state index in [1.54, 1.807) is 24.3 Å². The molecule has 0 aromatic heterocycles. The summed E-state index contributed by atoms with van der Waals surface area (Å²) in [6.45, 7) is 4.54. The van der Waals surface area contributed by atoms with Crippen LogP contribution in [0.2, 0.25) is 0 Å². The molecule has 0 fully saturated rings. The van der Waals surface area contributed by atoms with E-state index in [1.165, 1.54) is 0 Å². The van der Waals surface area contributed by atoms with Crippen LogP contribution in [-0.4, -0.2) is 37.6 Å². The van der Waals surface area contributed by atoms with Gasteiger partial charge in [-0.15, -0.1) is 0 Å². The minimum atomic E-state index is -0.0662. The molecule has 0 spiro atoms. The van der Waals surface area contributed by atoms with E-state index in [0.717, 1.165) is 17.5 Å². The van der Waals surface area contributed by atoms with Crippen molar-refractivity contribution in [2.45, 2.75) is 13.3 Å². The molecule has 0 heterocycles. The zero-order valence-corrected chi connectivity index (χ0v) is 12.7. The van der Waals surface area contributed by atoms with Crippen molar-refractivity contribution in [1.29, 1.82) is 0 Å². The lowest BCUT2D eigenvalue weighted by atomic mass is 10.2. The van der Waals surface area contributed by atoms with Gasteiger partial charge in [0.05, 0.1) is 13.2 Å². The predicted octanol–water partition coefficient (Wildman–Crippen LogP) is 2.62. The maximum atomic E-state index is 11.8. The highest BCUT2D eigenvalue weighted by atomic mass is 79.9. The number of rotatable bonds is 9. The summed E-state index contributed by atoms with van der Waals surface area (Å²) in [6, 6.07) is 7.14. The molecule has 0 aliphatic rings. The second kappa shape index (κ2) is 9.81. The first-order chi connectivity index (χ1) is 9.27. The third-order valence-electron chi connectivity index (χ3n) is 2.40. The van der Waals surface area contributed by atoms with Gasteiger partial charge in [0.2, 0.25) is 0 Å². The third-order valence-corrected chi connectivity index (χ3v) is 2.72. The summed E-state index contributed by atoms with van der Waals surface area (Å²) in [6.07, 6.45) is 0.815. The molecule has 1 N–H and O–H groups in total. The quantitative estimate of drug-likeness (QED) is 0.559. The molecule has 0 unspecified atom stereocenters. The molecule has 0 aliphatic carbocycles. The van der Waals surface area contributed by atoms with Crippen LogP contribution < -0.4 is 10.1 Å². The lowest BCUT2D eigenvalue weighted by Crippen LogP contribution is -2.25. The Labute approximate surface area is 122 Å². The van der Waals surface area contributed by atoms with E-state index < -0.39 is 0 Å². The van der Waals surface area contributed by atoms with Gasteiger partial charge in [0.15, 0.2) is 0 Å². The molecule has 0 atom stereocenters. The first-order valence-corrected chi connectivity index (χ1v) is 7.55. The third kappa shape index (κ3) is 6.59. The van der Waals surface area contributed by atoms with Gasteiger partial charge in [0.25, 0.3) is 5.91 Å². The van der Waals surface area contributed by atoms with Crippen molar-refractivity contribution in [2.24, 2.45) is 0 Å². The first kappa shape index (κ1) is 16.0. The van der Waals surface area contributed by atoms with Crippen molar-refractivity contribution in [3.05, 3.63) is 29.8 Å². The maximum Gasteiger partial charge on any atom is 0.251 e. The van der Waals surface area contributed by atoms with E-state index in [9.17, 15) is 4.79 Å². The van der Waals surface area contributed by atoms with Crippen LogP contribution in [0.3, 0.4) is 0 Å². The highest BCUT2D eigenvalue weighted by Gasteiger charge is 2.04. The van der Waals surface area contributed by atoms with E-state index >= 15 is 0 Å². The largest absolute Gasteiger partial charge is 0.494 e. The van der Waals surface area contributed by atoms with E-state index in [-0.39, 0.29) is 5.91 Å². The van der Waals surface area contributed by atoms with Crippen LogP contribution in [0.5, 0.6) is 5.75 Å². The molecule has 0 saturated carbocycles. The predicted molar refractivity (Wildman–Crippen MR) is 79.2 cm³/mol. The summed E-state index contributed by atoms with van der Waals surface area (Å²) in [5.41, 5.74) is 0.643. The molecule has 0 aliphatic heterocycles. The lowest BCUT2D eigenvalue weighted by Gasteiger charge is -2.07. The van der Waals surface area contributed by atoms with Gasteiger partial charge in [-0.05, 0) is 37.6 Å². The van der Waals surface area contributed by atoms with Gasteiger partial charge < -0.3 is 14.8 Å². The van der Waals surface area contributed by atoms with Crippen molar-refractivity contribution < 1.29 is 14.3 Å². The van der Waals surface area contributed by atoms with E-state index in [0.29, 0.717) is 31.9 Å². The lowest BCUT2D eigenvalue weighted by molar-refractivity contribution is 0.0944. The summed E-state index contributed by atoms with van der Waals surface area (Å²) >= 11 is 3.28. The molecule has 0 saturated heterocycles. The number of nitrogens with one attached hydrogen (secondary N) is 1. The van der Waals surface area contributed by atoms with Crippen LogP contribution in [0.4, 0.5) is 0 Å². The minimum Gasteiger partial charge on any atom is -0.494 e. The Morgan fingerprint density at radius 2 is 2.00 bits per heavy atom. The number of benzene rings is 1. The van der Waals surface area contributed by atoms with Crippen molar-refractivity contribution in [3.63, 3.8) is 0 Å². The summed E-state index contributed by atoms with van der Waals surface area (Å²) in [7, 11) is 0. The molecular formula is C14H20BrNO3.